The molecule has 0 fully saturated rings. The zero-order valence-electron chi connectivity index (χ0n) is 23.3. The van der Waals surface area contributed by atoms with Crippen LogP contribution < -0.4 is 9.47 Å². The first-order valence-corrected chi connectivity index (χ1v) is 12.9. The van der Waals surface area contributed by atoms with Gasteiger partial charge in [-0.3, -0.25) is 4.98 Å². The number of allylic oxidation sites excluding steroid dienone is 2. The third kappa shape index (κ3) is 7.57. The average Bonchev–Trinajstić information content (AvgIpc) is 2.99. The lowest BCUT2D eigenvalue weighted by Crippen LogP contribution is -2.14. The Morgan fingerprint density at radius 3 is 2.35 bits per heavy atom. The topological polar surface area (TPSA) is 104 Å². The van der Waals surface area contributed by atoms with Crippen LogP contribution in [0.25, 0.3) is 5.57 Å². The number of hydrogen-bond acceptors (Lipinski definition) is 8. The maximum absolute atomic E-state index is 13.1. The van der Waals surface area contributed by atoms with Crippen LogP contribution in [-0.2, 0) is 9.47 Å². The average molecular weight is 546 g/mol. The summed E-state index contributed by atoms with van der Waals surface area (Å²) in [5, 5.41) is 9.31. The van der Waals surface area contributed by atoms with E-state index in [1.54, 1.807) is 43.5 Å². The second kappa shape index (κ2) is 14.6. The number of carbonyl (C=O) groups is 2. The highest BCUT2D eigenvalue weighted by Gasteiger charge is 2.23. The number of pyridine rings is 1. The molecule has 0 radical (unpaired) electrons. The fourth-order valence-corrected chi connectivity index (χ4v) is 4.07. The molecule has 3 aromatic rings. The summed E-state index contributed by atoms with van der Waals surface area (Å²) in [6, 6.07) is 15.4. The number of benzene rings is 2. The fraction of sp³-hybridized carbons (Fsp3) is 0.281. The molecule has 0 saturated heterocycles. The van der Waals surface area contributed by atoms with Crippen LogP contribution in [0.2, 0.25) is 0 Å². The lowest BCUT2D eigenvalue weighted by molar-refractivity contribution is 0.0296. The minimum absolute atomic E-state index is 0.0655. The third-order valence-electron chi connectivity index (χ3n) is 6.27. The Labute approximate surface area is 234 Å². The van der Waals surface area contributed by atoms with Crippen LogP contribution in [-0.4, -0.2) is 49.5 Å². The first-order valence-electron chi connectivity index (χ1n) is 12.9. The van der Waals surface area contributed by atoms with Gasteiger partial charge in [0.05, 0.1) is 32.0 Å². The maximum atomic E-state index is 13.1. The van der Waals surface area contributed by atoms with Gasteiger partial charge in [-0.15, -0.1) is 0 Å². The van der Waals surface area contributed by atoms with Crippen LogP contribution in [0.1, 0.15) is 58.2 Å². The molecule has 0 saturated carbocycles. The highest BCUT2D eigenvalue weighted by atomic mass is 16.5. The van der Waals surface area contributed by atoms with Gasteiger partial charge in [0.15, 0.2) is 0 Å². The van der Waals surface area contributed by atoms with Crippen molar-refractivity contribution in [2.45, 2.75) is 26.4 Å². The van der Waals surface area contributed by atoms with Gasteiger partial charge in [-0.2, -0.15) is 0 Å². The van der Waals surface area contributed by atoms with E-state index in [9.17, 15) is 14.7 Å². The van der Waals surface area contributed by atoms with Crippen molar-refractivity contribution in [1.29, 1.82) is 0 Å². The minimum atomic E-state index is -0.750. The molecular formula is C32H35NO7. The second-order valence-electron chi connectivity index (χ2n) is 9.18. The SMILES string of the molecule is C=C(/C(=C/C[C@@H](OC(=O)c1ccncc1)c1ccccc1OCCO)c1cc(C(=O)OC)ccc1OC)C(C)C. The Hall–Kier alpha value is -4.43. The van der Waals surface area contributed by atoms with E-state index in [2.05, 4.69) is 11.6 Å². The smallest absolute Gasteiger partial charge is 0.338 e. The van der Waals surface area contributed by atoms with Crippen LogP contribution in [0.15, 0.2) is 85.2 Å². The zero-order chi connectivity index (χ0) is 29.1. The molecule has 0 spiro atoms. The number of aromatic nitrogens is 1. The highest BCUT2D eigenvalue weighted by molar-refractivity contribution is 5.93. The molecular weight excluding hydrogens is 510 g/mol. The summed E-state index contributed by atoms with van der Waals surface area (Å²) in [5.41, 5.74) is 3.58. The second-order valence-corrected chi connectivity index (χ2v) is 9.18. The molecule has 0 amide bonds. The molecule has 210 valence electrons. The summed E-state index contributed by atoms with van der Waals surface area (Å²) < 4.78 is 22.3. The summed E-state index contributed by atoms with van der Waals surface area (Å²) >= 11 is 0. The highest BCUT2D eigenvalue weighted by Crippen LogP contribution is 2.38. The molecule has 0 unspecified atom stereocenters. The molecule has 0 aliphatic rings. The minimum Gasteiger partial charge on any atom is -0.496 e. The standard InChI is InChI=1S/C32H35NO7/c1-21(2)22(3)25(27-20-24(31(35)38-5)10-12-28(27)37-4)11-13-30(40-32(36)23-14-16-33-17-15-23)26-8-6-7-9-29(26)39-19-18-34/h6-12,14-17,20-21,30,34H,3,13,18-19H2,1-2,4-5H3/b25-11-/t30-/m1/s1. The number of aliphatic hydroxyl groups is 1. The summed E-state index contributed by atoms with van der Waals surface area (Å²) in [6.07, 6.45) is 4.47. The van der Waals surface area contributed by atoms with Crippen molar-refractivity contribution in [1.82, 2.24) is 4.98 Å². The molecule has 8 heteroatoms. The van der Waals surface area contributed by atoms with Gasteiger partial charge >= 0.3 is 11.9 Å². The van der Waals surface area contributed by atoms with Gasteiger partial charge < -0.3 is 24.1 Å². The Morgan fingerprint density at radius 1 is 0.975 bits per heavy atom. The zero-order valence-corrected chi connectivity index (χ0v) is 23.3. The number of nitrogens with zero attached hydrogens (tertiary/aromatic N) is 1. The van der Waals surface area contributed by atoms with Gasteiger partial charge in [0.2, 0.25) is 0 Å². The van der Waals surface area contributed by atoms with Crippen molar-refractivity contribution in [3.05, 3.63) is 107 Å². The number of para-hydroxylation sites is 1. The Bertz CT molecular complexity index is 1350. The van der Waals surface area contributed by atoms with Gasteiger partial charge in [-0.05, 0) is 53.5 Å². The molecule has 40 heavy (non-hydrogen) atoms. The molecule has 1 atom stereocenters. The van der Waals surface area contributed by atoms with Gasteiger partial charge in [0.25, 0.3) is 0 Å². The summed E-state index contributed by atoms with van der Waals surface area (Å²) in [4.78, 5) is 29.4. The van der Waals surface area contributed by atoms with Crippen molar-refractivity contribution >= 4 is 17.5 Å². The van der Waals surface area contributed by atoms with E-state index >= 15 is 0 Å². The van der Waals surface area contributed by atoms with E-state index < -0.39 is 18.0 Å². The van der Waals surface area contributed by atoms with Crippen molar-refractivity contribution < 1.29 is 33.6 Å². The summed E-state index contributed by atoms with van der Waals surface area (Å²) in [5.74, 6) is 0.116. The Kier molecular flexibility index (Phi) is 11.0. The van der Waals surface area contributed by atoms with E-state index in [-0.39, 0.29) is 25.6 Å². The van der Waals surface area contributed by atoms with E-state index in [4.69, 9.17) is 18.9 Å². The molecule has 8 nitrogen and oxygen atoms in total. The molecule has 3 rings (SSSR count). The number of carbonyl (C=O) groups excluding carboxylic acids is 2. The van der Waals surface area contributed by atoms with Gasteiger partial charge in [-0.1, -0.05) is 44.7 Å². The van der Waals surface area contributed by atoms with E-state index in [0.717, 1.165) is 11.1 Å². The normalized spacial score (nSPS) is 12.0. The molecule has 1 heterocycles. The number of esters is 2. The van der Waals surface area contributed by atoms with Gasteiger partial charge in [0, 0.05) is 29.9 Å². The quantitative estimate of drug-likeness (QED) is 0.211. The first-order chi connectivity index (χ1) is 19.3. The Balaban J connectivity index is 2.11. The van der Waals surface area contributed by atoms with E-state index in [1.807, 2.05) is 38.1 Å². The van der Waals surface area contributed by atoms with Crippen LogP contribution >= 0.6 is 0 Å². The molecule has 1 N–H and O–H groups in total. The van der Waals surface area contributed by atoms with Crippen molar-refractivity contribution in [2.24, 2.45) is 5.92 Å². The fourth-order valence-electron chi connectivity index (χ4n) is 4.07. The monoisotopic (exact) mass is 545 g/mol. The Morgan fingerprint density at radius 2 is 1.70 bits per heavy atom. The molecule has 0 aliphatic heterocycles. The number of ether oxygens (including phenoxy) is 4. The van der Waals surface area contributed by atoms with Gasteiger partial charge in [0.1, 0.15) is 24.2 Å². The van der Waals surface area contributed by atoms with E-state index in [0.29, 0.717) is 33.8 Å². The first kappa shape index (κ1) is 30.1. The lowest BCUT2D eigenvalue weighted by Gasteiger charge is -2.22. The summed E-state index contributed by atoms with van der Waals surface area (Å²) in [6.45, 7) is 8.28. The van der Waals surface area contributed by atoms with Crippen molar-refractivity contribution in [2.75, 3.05) is 27.4 Å². The molecule has 0 aliphatic carbocycles. The van der Waals surface area contributed by atoms with E-state index in [1.165, 1.54) is 19.5 Å². The van der Waals surface area contributed by atoms with Crippen LogP contribution in [0.4, 0.5) is 0 Å². The number of rotatable bonds is 13. The lowest BCUT2D eigenvalue weighted by atomic mass is 9.88. The van der Waals surface area contributed by atoms with Crippen molar-refractivity contribution in [3.8, 4) is 11.5 Å². The predicted molar refractivity (Wildman–Crippen MR) is 152 cm³/mol. The van der Waals surface area contributed by atoms with Crippen molar-refractivity contribution in [3.63, 3.8) is 0 Å². The largest absolute Gasteiger partial charge is 0.496 e. The number of aliphatic hydroxyl groups excluding tert-OH is 1. The molecule has 2 aromatic carbocycles. The maximum Gasteiger partial charge on any atom is 0.338 e. The van der Waals surface area contributed by atoms with Gasteiger partial charge in [-0.25, -0.2) is 9.59 Å². The van der Waals surface area contributed by atoms with Crippen LogP contribution in [0.5, 0.6) is 11.5 Å². The molecule has 1 aromatic heterocycles. The van der Waals surface area contributed by atoms with Crippen LogP contribution in [0, 0.1) is 5.92 Å². The predicted octanol–water partition coefficient (Wildman–Crippen LogP) is 5.83. The summed E-state index contributed by atoms with van der Waals surface area (Å²) in [7, 11) is 2.88. The molecule has 0 bridgehead atoms. The van der Waals surface area contributed by atoms with Crippen LogP contribution in [0.3, 0.4) is 0 Å². The third-order valence-corrected chi connectivity index (χ3v) is 6.27. The number of hydrogen-bond donors (Lipinski definition) is 1. The number of methoxy groups -OCH3 is 2.